The molecule has 2 aliphatic heterocycles. The number of rotatable bonds is 3. The zero-order valence-corrected chi connectivity index (χ0v) is 18.9. The van der Waals surface area contributed by atoms with E-state index in [1.54, 1.807) is 17.2 Å². The van der Waals surface area contributed by atoms with E-state index in [2.05, 4.69) is 6.58 Å². The molecule has 3 aromatic rings. The Balaban J connectivity index is 1.92. The molecule has 0 radical (unpaired) electrons. The maximum atomic E-state index is 13.3. The SMILES string of the molecule is C=C(C)c1cc2cc(C(C)=O)c3c(c2o1)C1c2ccccc2C=CN1/C(=C/C(=O)OC)C(=O)O3. The molecule has 1 unspecified atom stereocenters. The van der Waals surface area contributed by atoms with Crippen LogP contribution < -0.4 is 4.74 Å². The van der Waals surface area contributed by atoms with Crippen LogP contribution in [-0.4, -0.2) is 29.7 Å². The number of hydrogen-bond acceptors (Lipinski definition) is 7. The lowest BCUT2D eigenvalue weighted by Crippen LogP contribution is -2.30. The first kappa shape index (κ1) is 21.5. The monoisotopic (exact) mass is 455 g/mol. The Morgan fingerprint density at radius 2 is 1.94 bits per heavy atom. The zero-order valence-electron chi connectivity index (χ0n) is 18.9. The minimum absolute atomic E-state index is 0.0202. The van der Waals surface area contributed by atoms with Crippen LogP contribution in [0.5, 0.6) is 5.75 Å². The summed E-state index contributed by atoms with van der Waals surface area (Å²) < 4.78 is 16.8. The third-order valence-electron chi connectivity index (χ3n) is 5.99. The van der Waals surface area contributed by atoms with Crippen molar-refractivity contribution in [2.45, 2.75) is 19.9 Å². The average molecular weight is 455 g/mol. The van der Waals surface area contributed by atoms with Gasteiger partial charge in [0.25, 0.3) is 0 Å². The van der Waals surface area contributed by atoms with E-state index in [-0.39, 0.29) is 22.8 Å². The lowest BCUT2D eigenvalue weighted by atomic mass is 9.88. The van der Waals surface area contributed by atoms with Crippen LogP contribution in [-0.2, 0) is 14.3 Å². The van der Waals surface area contributed by atoms with E-state index in [1.165, 1.54) is 14.0 Å². The number of ketones is 1. The number of furan rings is 1. The molecule has 34 heavy (non-hydrogen) atoms. The van der Waals surface area contributed by atoms with Crippen LogP contribution in [0.1, 0.15) is 52.7 Å². The molecule has 2 aliphatic rings. The Bertz CT molecular complexity index is 1470. The molecule has 7 heteroatoms. The molecule has 0 amide bonds. The molecule has 1 aromatic heterocycles. The second-order valence-electron chi connectivity index (χ2n) is 8.23. The number of methoxy groups -OCH3 is 1. The van der Waals surface area contributed by atoms with E-state index >= 15 is 0 Å². The Morgan fingerprint density at radius 3 is 2.65 bits per heavy atom. The number of nitrogens with zero attached hydrogens (tertiary/aromatic N) is 1. The van der Waals surface area contributed by atoms with Crippen LogP contribution in [0.15, 0.2) is 65.4 Å². The fourth-order valence-electron chi connectivity index (χ4n) is 4.40. The number of hydrogen-bond donors (Lipinski definition) is 0. The highest BCUT2D eigenvalue weighted by Gasteiger charge is 2.40. The lowest BCUT2D eigenvalue weighted by Gasteiger charge is -2.33. The van der Waals surface area contributed by atoms with Crippen molar-refractivity contribution >= 4 is 40.3 Å². The molecular weight excluding hydrogens is 434 g/mol. The minimum atomic E-state index is -0.785. The smallest absolute Gasteiger partial charge is 0.360 e. The second kappa shape index (κ2) is 7.88. The largest absolute Gasteiger partial charge is 0.466 e. The molecule has 0 spiro atoms. The highest BCUT2D eigenvalue weighted by Crippen LogP contribution is 2.49. The summed E-state index contributed by atoms with van der Waals surface area (Å²) in [7, 11) is 1.23. The van der Waals surface area contributed by atoms with Crippen LogP contribution in [0.25, 0.3) is 22.6 Å². The Hall–Kier alpha value is -4.39. The third-order valence-corrected chi connectivity index (χ3v) is 5.99. The van der Waals surface area contributed by atoms with Gasteiger partial charge in [-0.05, 0) is 48.8 Å². The summed E-state index contributed by atoms with van der Waals surface area (Å²) in [6, 6.07) is 10.6. The molecule has 0 saturated heterocycles. The van der Waals surface area contributed by atoms with E-state index in [0.29, 0.717) is 27.9 Å². The molecule has 0 aliphatic carbocycles. The van der Waals surface area contributed by atoms with Crippen molar-refractivity contribution < 1.29 is 28.3 Å². The number of benzene rings is 2. The van der Waals surface area contributed by atoms with E-state index in [4.69, 9.17) is 13.9 Å². The fourth-order valence-corrected chi connectivity index (χ4v) is 4.40. The summed E-state index contributed by atoms with van der Waals surface area (Å²) in [5, 5.41) is 0.686. The summed E-state index contributed by atoms with van der Waals surface area (Å²) in [5.41, 5.74) is 3.72. The standard InChI is InChI=1S/C27H21NO6/c1-14(2)21-12-17-11-19(15(3)29)26-23(25(17)33-21)24-18-8-6-5-7-16(18)9-10-28(24)20(27(31)34-26)13-22(30)32-4/h5-13,24H,1H2,2-4H3/b20-13+. The molecule has 170 valence electrons. The van der Waals surface area contributed by atoms with Gasteiger partial charge in [0.2, 0.25) is 0 Å². The molecular formula is C27H21NO6. The number of ether oxygens (including phenoxy) is 2. The van der Waals surface area contributed by atoms with Gasteiger partial charge in [-0.2, -0.15) is 0 Å². The van der Waals surface area contributed by atoms with Crippen LogP contribution in [0.4, 0.5) is 0 Å². The van der Waals surface area contributed by atoms with Crippen molar-refractivity contribution in [1.82, 2.24) is 4.90 Å². The summed E-state index contributed by atoms with van der Waals surface area (Å²) in [4.78, 5) is 39.8. The predicted molar refractivity (Wildman–Crippen MR) is 126 cm³/mol. The van der Waals surface area contributed by atoms with Gasteiger partial charge in [-0.1, -0.05) is 30.8 Å². The molecule has 0 saturated carbocycles. The van der Waals surface area contributed by atoms with Crippen LogP contribution in [0.3, 0.4) is 0 Å². The number of allylic oxidation sites excluding steroid dienone is 1. The van der Waals surface area contributed by atoms with E-state index in [0.717, 1.165) is 17.2 Å². The quantitative estimate of drug-likeness (QED) is 0.237. The molecule has 5 rings (SSSR count). The Morgan fingerprint density at radius 1 is 1.18 bits per heavy atom. The molecule has 0 bridgehead atoms. The fraction of sp³-hybridized carbons (Fsp3) is 0.148. The second-order valence-corrected chi connectivity index (χ2v) is 8.23. The van der Waals surface area contributed by atoms with Gasteiger partial charge in [-0.15, -0.1) is 0 Å². The van der Waals surface area contributed by atoms with Crippen LogP contribution >= 0.6 is 0 Å². The number of Topliss-reactive ketones (excluding diaryl/α,β-unsaturated/α-hetero) is 1. The summed E-state index contributed by atoms with van der Waals surface area (Å²) in [5.74, 6) is -1.09. The molecule has 0 N–H and O–H groups in total. The van der Waals surface area contributed by atoms with Crippen molar-refractivity contribution in [2.24, 2.45) is 0 Å². The lowest BCUT2D eigenvalue weighted by molar-refractivity contribution is -0.136. The molecule has 2 aromatic carbocycles. The van der Waals surface area contributed by atoms with Gasteiger partial charge in [0, 0.05) is 11.6 Å². The topological polar surface area (TPSA) is 86.0 Å². The summed E-state index contributed by atoms with van der Waals surface area (Å²) in [6.45, 7) is 7.20. The summed E-state index contributed by atoms with van der Waals surface area (Å²) in [6.07, 6.45) is 4.65. The van der Waals surface area contributed by atoms with E-state index in [9.17, 15) is 14.4 Å². The maximum absolute atomic E-state index is 13.3. The van der Waals surface area contributed by atoms with Gasteiger partial charge < -0.3 is 18.8 Å². The van der Waals surface area contributed by atoms with E-state index in [1.807, 2.05) is 43.3 Å². The summed E-state index contributed by atoms with van der Waals surface area (Å²) >= 11 is 0. The van der Waals surface area contributed by atoms with Crippen molar-refractivity contribution in [3.05, 3.63) is 89.0 Å². The van der Waals surface area contributed by atoms with Crippen molar-refractivity contribution in [3.8, 4) is 5.75 Å². The van der Waals surface area contributed by atoms with Crippen molar-refractivity contribution in [2.75, 3.05) is 7.11 Å². The van der Waals surface area contributed by atoms with E-state index < -0.39 is 18.0 Å². The van der Waals surface area contributed by atoms with Gasteiger partial charge in [0.05, 0.1) is 30.4 Å². The average Bonchev–Trinajstić information content (AvgIpc) is 3.21. The van der Waals surface area contributed by atoms with Crippen LogP contribution in [0, 0.1) is 0 Å². The minimum Gasteiger partial charge on any atom is -0.466 e. The van der Waals surface area contributed by atoms with Crippen molar-refractivity contribution in [3.63, 3.8) is 0 Å². The molecule has 3 heterocycles. The number of fused-ring (bicyclic) bond motifs is 7. The number of carbonyl (C=O) groups is 3. The number of carbonyl (C=O) groups excluding carboxylic acids is 3. The zero-order chi connectivity index (χ0) is 24.1. The number of esters is 2. The molecule has 7 nitrogen and oxygen atoms in total. The molecule has 0 fully saturated rings. The molecule has 1 atom stereocenters. The van der Waals surface area contributed by atoms with Gasteiger partial charge in [-0.3, -0.25) is 4.79 Å². The Labute approximate surface area is 195 Å². The first-order valence-electron chi connectivity index (χ1n) is 10.6. The first-order chi connectivity index (χ1) is 16.3. The van der Waals surface area contributed by atoms with Crippen molar-refractivity contribution in [1.29, 1.82) is 0 Å². The van der Waals surface area contributed by atoms with Gasteiger partial charge in [-0.25, -0.2) is 9.59 Å². The first-order valence-corrected chi connectivity index (χ1v) is 10.6. The van der Waals surface area contributed by atoms with Gasteiger partial charge in [0.15, 0.2) is 11.5 Å². The van der Waals surface area contributed by atoms with Crippen LogP contribution in [0.2, 0.25) is 0 Å². The Kier molecular flexibility index (Phi) is 4.97. The van der Waals surface area contributed by atoms with Gasteiger partial charge in [0.1, 0.15) is 17.0 Å². The van der Waals surface area contributed by atoms with Gasteiger partial charge >= 0.3 is 11.9 Å². The maximum Gasteiger partial charge on any atom is 0.360 e. The highest BCUT2D eigenvalue weighted by atomic mass is 16.5. The predicted octanol–water partition coefficient (Wildman–Crippen LogP) is 5.02. The third kappa shape index (κ3) is 3.25. The normalized spacial score (nSPS) is 17.5. The highest BCUT2D eigenvalue weighted by molar-refractivity contribution is 6.06.